The molecule has 2 aliphatic heterocycles. The van der Waals surface area contributed by atoms with E-state index in [1.54, 1.807) is 0 Å². The van der Waals surface area contributed by atoms with E-state index in [2.05, 4.69) is 15.3 Å². The van der Waals surface area contributed by atoms with Crippen LogP contribution in [0, 0.1) is 12.7 Å². The molecule has 2 bridgehead atoms. The molecule has 182 valence electrons. The van der Waals surface area contributed by atoms with Gasteiger partial charge in [0.25, 0.3) is 5.91 Å². The molecule has 1 aromatic heterocycles. The average molecular weight is 499 g/mol. The number of sulfone groups is 1. The normalized spacial score (nSPS) is 27.9. The summed E-state index contributed by atoms with van der Waals surface area (Å²) < 4.78 is 78.6. The number of nitrogens with one attached hydrogen (secondary N) is 1. The lowest BCUT2D eigenvalue weighted by Crippen LogP contribution is -2.55. The molecule has 1 saturated heterocycles. The Bertz CT molecular complexity index is 1340. The number of halogens is 4. The van der Waals surface area contributed by atoms with Gasteiger partial charge in [-0.15, -0.1) is 0 Å². The van der Waals surface area contributed by atoms with Gasteiger partial charge >= 0.3 is 6.18 Å². The summed E-state index contributed by atoms with van der Waals surface area (Å²) in [6.07, 6.45) is -3.54. The van der Waals surface area contributed by atoms with Crippen molar-refractivity contribution >= 4 is 27.3 Å². The van der Waals surface area contributed by atoms with Crippen molar-refractivity contribution in [1.29, 1.82) is 0 Å². The minimum Gasteiger partial charge on any atom is -0.386 e. The van der Waals surface area contributed by atoms with E-state index in [1.165, 1.54) is 32.9 Å². The molecular weight excluding hydrogens is 476 g/mol. The molecule has 0 radical (unpaired) electrons. The van der Waals surface area contributed by atoms with Gasteiger partial charge in [0.05, 0.1) is 10.8 Å². The number of aromatic nitrogens is 1. The van der Waals surface area contributed by atoms with Crippen LogP contribution in [0.1, 0.15) is 53.9 Å². The molecule has 12 heteroatoms. The number of amides is 1. The number of hydrogen-bond donors (Lipinski definition) is 2. The van der Waals surface area contributed by atoms with Gasteiger partial charge in [0.1, 0.15) is 27.6 Å². The van der Waals surface area contributed by atoms with E-state index in [4.69, 9.17) is 5.73 Å². The maximum absolute atomic E-state index is 14.9. The average Bonchev–Trinajstić information content (AvgIpc) is 2.91. The summed E-state index contributed by atoms with van der Waals surface area (Å²) in [5.41, 5.74) is 3.32. The Morgan fingerprint density at radius 2 is 1.91 bits per heavy atom. The molecule has 1 unspecified atom stereocenters. The summed E-state index contributed by atoms with van der Waals surface area (Å²) in [5.74, 6) is -1.63. The molecule has 34 heavy (non-hydrogen) atoms. The van der Waals surface area contributed by atoms with Crippen LogP contribution in [0.4, 0.5) is 23.2 Å². The molecule has 3 atom stereocenters. The smallest absolute Gasteiger partial charge is 0.386 e. The third-order valence-corrected chi connectivity index (χ3v) is 9.91. The van der Waals surface area contributed by atoms with Crippen molar-refractivity contribution in [3.05, 3.63) is 58.7 Å². The lowest BCUT2D eigenvalue weighted by molar-refractivity contribution is -0.137. The third kappa shape index (κ3) is 3.46. The summed E-state index contributed by atoms with van der Waals surface area (Å²) in [7, 11) is -3.76. The highest BCUT2D eigenvalue weighted by molar-refractivity contribution is 7.94. The van der Waals surface area contributed by atoms with Crippen molar-refractivity contribution in [2.24, 2.45) is 10.7 Å². The Labute approximate surface area is 193 Å². The Balaban J connectivity index is 1.70. The van der Waals surface area contributed by atoms with Crippen molar-refractivity contribution in [2.45, 2.75) is 55.3 Å². The number of nitrogens with zero attached hydrogens (tertiary/aromatic N) is 2. The van der Waals surface area contributed by atoms with Gasteiger partial charge in [0.2, 0.25) is 0 Å². The van der Waals surface area contributed by atoms with E-state index in [-0.39, 0.29) is 41.2 Å². The second kappa shape index (κ2) is 7.49. The van der Waals surface area contributed by atoms with Crippen LogP contribution in [0.5, 0.6) is 0 Å². The summed E-state index contributed by atoms with van der Waals surface area (Å²) >= 11 is 0. The highest BCUT2D eigenvalue weighted by atomic mass is 32.2. The Kier molecular flexibility index (Phi) is 5.31. The molecule has 1 fully saturated rings. The van der Waals surface area contributed by atoms with Gasteiger partial charge in [-0.2, -0.15) is 13.2 Å². The molecule has 0 saturated carbocycles. The minimum atomic E-state index is -4.60. The number of amidine groups is 1. The predicted octanol–water partition coefficient (Wildman–Crippen LogP) is 3.72. The fourth-order valence-electron chi connectivity index (χ4n) is 4.70. The number of hydrogen-bond acceptors (Lipinski definition) is 6. The first-order chi connectivity index (χ1) is 15.6. The highest BCUT2D eigenvalue weighted by Crippen LogP contribution is 2.51. The van der Waals surface area contributed by atoms with Crippen molar-refractivity contribution in [1.82, 2.24) is 4.98 Å². The van der Waals surface area contributed by atoms with Crippen LogP contribution >= 0.6 is 0 Å². The highest BCUT2D eigenvalue weighted by Gasteiger charge is 2.63. The second-order valence-electron chi connectivity index (χ2n) is 8.98. The molecule has 0 spiro atoms. The zero-order chi connectivity index (χ0) is 25.3. The fraction of sp³-hybridized carbons (Fsp3) is 0.409. The predicted molar refractivity (Wildman–Crippen MR) is 118 cm³/mol. The van der Waals surface area contributed by atoms with Gasteiger partial charge in [-0.05, 0) is 63.4 Å². The first-order valence-corrected chi connectivity index (χ1v) is 11.9. The van der Waals surface area contributed by atoms with Crippen molar-refractivity contribution in [3.8, 4) is 0 Å². The van der Waals surface area contributed by atoms with Crippen LogP contribution in [0.3, 0.4) is 0 Å². The number of aliphatic imine (C=N–C) groups is 1. The topological polar surface area (TPSA) is 115 Å². The molecule has 3 heterocycles. The molecule has 2 aliphatic rings. The Morgan fingerprint density at radius 1 is 1.24 bits per heavy atom. The standard InChI is InChI=1S/C22H22F4N4O3S/c1-11-8-12(22(24,25)26)10-28-17(11)18(31)29-13-4-5-15(23)14(9-13)21(3)16-6-7-20(2,19(27)30-21)34(16,32)33/h4-5,8-10,16H,6-7H2,1-3H3,(H2,27,30)(H,29,31)/t16?,20-,21-/m1/s1. The molecule has 0 aliphatic carbocycles. The quantitative estimate of drug-likeness (QED) is 0.626. The second-order valence-corrected chi connectivity index (χ2v) is 11.5. The lowest BCUT2D eigenvalue weighted by atomic mass is 9.86. The first kappa shape index (κ1) is 24.1. The molecule has 1 aromatic carbocycles. The van der Waals surface area contributed by atoms with Gasteiger partial charge in [0, 0.05) is 17.4 Å². The van der Waals surface area contributed by atoms with Gasteiger partial charge in [-0.3, -0.25) is 14.8 Å². The van der Waals surface area contributed by atoms with E-state index in [0.717, 1.165) is 12.1 Å². The van der Waals surface area contributed by atoms with Crippen LogP contribution in [0.15, 0.2) is 35.5 Å². The van der Waals surface area contributed by atoms with Gasteiger partial charge in [-0.1, -0.05) is 0 Å². The van der Waals surface area contributed by atoms with Crippen LogP contribution in [-0.4, -0.2) is 35.1 Å². The summed E-state index contributed by atoms with van der Waals surface area (Å²) in [6, 6.07) is 4.38. The number of carbonyl (C=O) groups excluding carboxylic acids is 1. The molecule has 4 rings (SSSR count). The number of anilines is 1. The van der Waals surface area contributed by atoms with Crippen molar-refractivity contribution in [2.75, 3.05) is 5.32 Å². The minimum absolute atomic E-state index is 0.00242. The number of rotatable bonds is 3. The number of alkyl halides is 3. The van der Waals surface area contributed by atoms with Crippen LogP contribution in [-0.2, 0) is 21.6 Å². The van der Waals surface area contributed by atoms with Crippen molar-refractivity contribution in [3.63, 3.8) is 0 Å². The zero-order valence-corrected chi connectivity index (χ0v) is 19.3. The van der Waals surface area contributed by atoms with Crippen LogP contribution < -0.4 is 11.1 Å². The fourth-order valence-corrected chi connectivity index (χ4v) is 7.28. The summed E-state index contributed by atoms with van der Waals surface area (Å²) in [5, 5.41) is 1.48. The number of benzene rings is 1. The monoisotopic (exact) mass is 498 g/mol. The van der Waals surface area contributed by atoms with Gasteiger partial charge in [0.15, 0.2) is 9.84 Å². The van der Waals surface area contributed by atoms with E-state index >= 15 is 0 Å². The van der Waals surface area contributed by atoms with Gasteiger partial charge in [-0.25, -0.2) is 12.8 Å². The van der Waals surface area contributed by atoms with E-state index in [9.17, 15) is 30.8 Å². The number of carbonyl (C=O) groups is 1. The molecule has 1 amide bonds. The largest absolute Gasteiger partial charge is 0.417 e. The van der Waals surface area contributed by atoms with E-state index < -0.39 is 48.8 Å². The Morgan fingerprint density at radius 3 is 2.53 bits per heavy atom. The zero-order valence-electron chi connectivity index (χ0n) is 18.5. The van der Waals surface area contributed by atoms with E-state index in [0.29, 0.717) is 6.20 Å². The SMILES string of the molecule is Cc1cc(C(F)(F)F)cnc1C(=O)Nc1ccc(F)c([C@@]2(C)N=C(N)[C@@]3(C)CCC2S3(=O)=O)c1. The number of aryl methyl sites for hydroxylation is 1. The number of fused-ring (bicyclic) bond motifs is 2. The first-order valence-electron chi connectivity index (χ1n) is 10.4. The molecule has 3 N–H and O–H groups in total. The number of nitrogens with two attached hydrogens (primary N) is 1. The maximum atomic E-state index is 14.9. The number of pyridine rings is 1. The van der Waals surface area contributed by atoms with Crippen LogP contribution in [0.2, 0.25) is 0 Å². The summed E-state index contributed by atoms with van der Waals surface area (Å²) in [4.78, 5) is 20.7. The van der Waals surface area contributed by atoms with Crippen molar-refractivity contribution < 1.29 is 30.8 Å². The summed E-state index contributed by atoms with van der Waals surface area (Å²) in [6.45, 7) is 4.31. The van der Waals surface area contributed by atoms with Crippen LogP contribution in [0.25, 0.3) is 0 Å². The lowest BCUT2D eigenvalue weighted by Gasteiger charge is -2.39. The molecular formula is C22H22F4N4O3S. The van der Waals surface area contributed by atoms with Gasteiger partial charge < -0.3 is 11.1 Å². The molecule has 2 aromatic rings. The maximum Gasteiger partial charge on any atom is 0.417 e. The van der Waals surface area contributed by atoms with E-state index in [1.807, 2.05) is 0 Å². The third-order valence-electron chi connectivity index (χ3n) is 6.80. The Hall–Kier alpha value is -3.02. The molecule has 7 nitrogen and oxygen atoms in total.